The van der Waals surface area contributed by atoms with Crippen molar-refractivity contribution in [2.24, 2.45) is 0 Å². The van der Waals surface area contributed by atoms with E-state index in [1.54, 1.807) is 0 Å². The molecule has 1 saturated heterocycles. The smallest absolute Gasteiger partial charge is 0.0504 e. The zero-order valence-corrected chi connectivity index (χ0v) is 12.8. The normalized spacial score (nSPS) is 14.8. The largest absolute Gasteiger partial charge is 0.371 e. The lowest BCUT2D eigenvalue weighted by molar-refractivity contribution is 0.949. The van der Waals surface area contributed by atoms with Crippen LogP contribution in [0.5, 0.6) is 0 Å². The van der Waals surface area contributed by atoms with Crippen LogP contribution in [0, 0.1) is 6.92 Å². The third kappa shape index (κ3) is 3.18. The van der Waals surface area contributed by atoms with Crippen molar-refractivity contribution >= 4 is 17.4 Å². The average Bonchev–Trinajstić information content (AvgIpc) is 3.01. The van der Waals surface area contributed by atoms with Crippen molar-refractivity contribution in [1.29, 1.82) is 0 Å². The highest BCUT2D eigenvalue weighted by molar-refractivity contribution is 7.98. The molecule has 0 aliphatic carbocycles. The van der Waals surface area contributed by atoms with Crippen molar-refractivity contribution in [3.05, 3.63) is 59.7 Å². The van der Waals surface area contributed by atoms with E-state index in [9.17, 15) is 0 Å². The van der Waals surface area contributed by atoms with E-state index in [1.807, 2.05) is 11.8 Å². The first-order chi connectivity index (χ1) is 9.83. The molecule has 2 heteroatoms. The predicted molar refractivity (Wildman–Crippen MR) is 88.6 cm³/mol. The van der Waals surface area contributed by atoms with E-state index in [2.05, 4.69) is 60.4 Å². The van der Waals surface area contributed by atoms with E-state index >= 15 is 0 Å². The molecule has 0 unspecified atom stereocenters. The molecule has 2 aromatic rings. The van der Waals surface area contributed by atoms with Crippen molar-refractivity contribution in [3.63, 3.8) is 0 Å². The number of thioether (sulfide) groups is 1. The Morgan fingerprint density at radius 3 is 2.40 bits per heavy atom. The number of nitrogens with zero attached hydrogens (tertiary/aromatic N) is 1. The highest BCUT2D eigenvalue weighted by Gasteiger charge is 2.15. The molecule has 1 heterocycles. The summed E-state index contributed by atoms with van der Waals surface area (Å²) >= 11 is 1.95. The molecule has 3 rings (SSSR count). The average molecular weight is 283 g/mol. The highest BCUT2D eigenvalue weighted by Crippen LogP contribution is 2.33. The maximum Gasteiger partial charge on any atom is 0.0504 e. The molecule has 1 fully saturated rings. The molecule has 0 radical (unpaired) electrons. The molecular weight excluding hydrogens is 262 g/mol. The van der Waals surface area contributed by atoms with Crippen molar-refractivity contribution in [1.82, 2.24) is 0 Å². The van der Waals surface area contributed by atoms with E-state index in [1.165, 1.54) is 47.6 Å². The molecule has 1 aliphatic heterocycles. The third-order valence-electron chi connectivity index (χ3n) is 3.83. The monoisotopic (exact) mass is 283 g/mol. The van der Waals surface area contributed by atoms with Crippen molar-refractivity contribution in [3.8, 4) is 0 Å². The Morgan fingerprint density at radius 2 is 1.65 bits per heavy atom. The van der Waals surface area contributed by atoms with Crippen LogP contribution in [-0.2, 0) is 5.75 Å². The molecule has 0 aromatic heterocycles. The quantitative estimate of drug-likeness (QED) is 0.735. The van der Waals surface area contributed by atoms with Gasteiger partial charge in [0.05, 0.1) is 5.69 Å². The number of anilines is 1. The van der Waals surface area contributed by atoms with Gasteiger partial charge in [0.2, 0.25) is 0 Å². The Hall–Kier alpha value is -1.41. The molecule has 0 amide bonds. The van der Waals surface area contributed by atoms with Crippen LogP contribution in [0.4, 0.5) is 5.69 Å². The van der Waals surface area contributed by atoms with Gasteiger partial charge in [0, 0.05) is 23.7 Å². The lowest BCUT2D eigenvalue weighted by Crippen LogP contribution is -2.18. The number of benzene rings is 2. The summed E-state index contributed by atoms with van der Waals surface area (Å²) in [7, 11) is 0. The number of hydrogen-bond donors (Lipinski definition) is 0. The van der Waals surface area contributed by atoms with Crippen molar-refractivity contribution < 1.29 is 0 Å². The minimum atomic E-state index is 1.05. The fraction of sp³-hybridized carbons (Fsp3) is 0.333. The summed E-state index contributed by atoms with van der Waals surface area (Å²) in [5.41, 5.74) is 4.15. The van der Waals surface area contributed by atoms with Gasteiger partial charge >= 0.3 is 0 Å². The SMILES string of the molecule is Cc1ccc(CSc2ccccc2N2CCCC2)cc1. The third-order valence-corrected chi connectivity index (χ3v) is 4.96. The fourth-order valence-electron chi connectivity index (χ4n) is 2.64. The summed E-state index contributed by atoms with van der Waals surface area (Å²) in [4.78, 5) is 3.94. The number of para-hydroxylation sites is 1. The Morgan fingerprint density at radius 1 is 0.950 bits per heavy atom. The minimum Gasteiger partial charge on any atom is -0.371 e. The summed E-state index contributed by atoms with van der Waals surface area (Å²) in [6, 6.07) is 17.7. The molecule has 1 aliphatic rings. The van der Waals surface area contributed by atoms with Crippen LogP contribution in [0.15, 0.2) is 53.4 Å². The highest BCUT2D eigenvalue weighted by atomic mass is 32.2. The van der Waals surface area contributed by atoms with Crippen molar-refractivity contribution in [2.75, 3.05) is 18.0 Å². The van der Waals surface area contributed by atoms with Gasteiger partial charge in [-0.05, 0) is 37.5 Å². The molecular formula is C18H21NS. The Balaban J connectivity index is 1.72. The number of rotatable bonds is 4. The molecule has 0 atom stereocenters. The van der Waals surface area contributed by atoms with Gasteiger partial charge in [-0.15, -0.1) is 11.8 Å². The number of aryl methyl sites for hydroxylation is 1. The summed E-state index contributed by atoms with van der Waals surface area (Å²) in [5, 5.41) is 0. The molecule has 0 spiro atoms. The Kier molecular flexibility index (Phi) is 4.31. The molecule has 1 nitrogen and oxygen atoms in total. The first-order valence-electron chi connectivity index (χ1n) is 7.35. The predicted octanol–water partition coefficient (Wildman–Crippen LogP) is 4.89. The van der Waals surface area contributed by atoms with E-state index in [0.29, 0.717) is 0 Å². The zero-order valence-electron chi connectivity index (χ0n) is 12.0. The van der Waals surface area contributed by atoms with Crippen LogP contribution in [0.1, 0.15) is 24.0 Å². The van der Waals surface area contributed by atoms with Crippen LogP contribution >= 0.6 is 11.8 Å². The molecule has 0 bridgehead atoms. The molecule has 0 saturated carbocycles. The Bertz CT molecular complexity index is 556. The number of hydrogen-bond acceptors (Lipinski definition) is 2. The lowest BCUT2D eigenvalue weighted by Gasteiger charge is -2.21. The maximum atomic E-state index is 2.53. The molecule has 104 valence electrons. The van der Waals surface area contributed by atoms with E-state index < -0.39 is 0 Å². The minimum absolute atomic E-state index is 1.05. The second kappa shape index (κ2) is 6.36. The van der Waals surface area contributed by atoms with E-state index in [4.69, 9.17) is 0 Å². The van der Waals surface area contributed by atoms with E-state index in [0.717, 1.165) is 5.75 Å². The van der Waals surface area contributed by atoms with Crippen LogP contribution in [0.3, 0.4) is 0 Å². The summed E-state index contributed by atoms with van der Waals surface area (Å²) in [6.07, 6.45) is 2.66. The van der Waals surface area contributed by atoms with Crippen LogP contribution in [0.2, 0.25) is 0 Å². The zero-order chi connectivity index (χ0) is 13.8. The van der Waals surface area contributed by atoms with Gasteiger partial charge in [0.15, 0.2) is 0 Å². The summed E-state index contributed by atoms with van der Waals surface area (Å²) in [5.74, 6) is 1.05. The van der Waals surface area contributed by atoms with Crippen LogP contribution in [0.25, 0.3) is 0 Å². The van der Waals surface area contributed by atoms with Crippen LogP contribution < -0.4 is 4.90 Å². The standard InChI is InChI=1S/C18H21NS/c1-15-8-10-16(11-9-15)14-20-18-7-3-2-6-17(18)19-12-4-5-13-19/h2-3,6-11H,4-5,12-14H2,1H3. The van der Waals surface area contributed by atoms with Gasteiger partial charge in [-0.1, -0.05) is 42.0 Å². The van der Waals surface area contributed by atoms with E-state index in [-0.39, 0.29) is 0 Å². The molecule has 2 aromatic carbocycles. The van der Waals surface area contributed by atoms with Crippen molar-refractivity contribution in [2.45, 2.75) is 30.4 Å². The van der Waals surface area contributed by atoms with Crippen LogP contribution in [-0.4, -0.2) is 13.1 Å². The van der Waals surface area contributed by atoms with Gasteiger partial charge in [0.25, 0.3) is 0 Å². The Labute approximate surface area is 126 Å². The second-order valence-electron chi connectivity index (χ2n) is 5.44. The fourth-order valence-corrected chi connectivity index (χ4v) is 3.68. The van der Waals surface area contributed by atoms with Gasteiger partial charge in [-0.2, -0.15) is 0 Å². The van der Waals surface area contributed by atoms with Gasteiger partial charge in [-0.25, -0.2) is 0 Å². The molecule has 0 N–H and O–H groups in total. The van der Waals surface area contributed by atoms with Gasteiger partial charge in [0.1, 0.15) is 0 Å². The lowest BCUT2D eigenvalue weighted by atomic mass is 10.2. The van der Waals surface area contributed by atoms with Gasteiger partial charge < -0.3 is 4.90 Å². The molecule has 20 heavy (non-hydrogen) atoms. The maximum absolute atomic E-state index is 2.53. The summed E-state index contributed by atoms with van der Waals surface area (Å²) < 4.78 is 0. The first kappa shape index (κ1) is 13.6. The topological polar surface area (TPSA) is 3.24 Å². The second-order valence-corrected chi connectivity index (χ2v) is 6.45. The van der Waals surface area contributed by atoms with Gasteiger partial charge in [-0.3, -0.25) is 0 Å². The summed E-state index contributed by atoms with van der Waals surface area (Å²) in [6.45, 7) is 4.56. The first-order valence-corrected chi connectivity index (χ1v) is 8.34.